The highest BCUT2D eigenvalue weighted by atomic mass is 16.5. The fourth-order valence-electron chi connectivity index (χ4n) is 4.00. The number of ether oxygens (including phenoxy) is 2. The first-order valence-electron chi connectivity index (χ1n) is 8.80. The van der Waals surface area contributed by atoms with Crippen LogP contribution in [-0.4, -0.2) is 48.0 Å². The average Bonchev–Trinajstić information content (AvgIpc) is 3.10. The number of hydrogen-bond acceptors (Lipinski definition) is 4. The predicted octanol–water partition coefficient (Wildman–Crippen LogP) is 2.50. The van der Waals surface area contributed by atoms with Crippen LogP contribution in [0.25, 0.3) is 0 Å². The van der Waals surface area contributed by atoms with E-state index in [1.54, 1.807) is 0 Å². The molecule has 0 aromatic heterocycles. The molecule has 0 N–H and O–H groups in total. The molecule has 0 saturated carbocycles. The van der Waals surface area contributed by atoms with Crippen molar-refractivity contribution in [1.29, 1.82) is 0 Å². The lowest BCUT2D eigenvalue weighted by atomic mass is 9.82. The molecule has 5 heteroatoms. The molecule has 2 fully saturated rings. The Morgan fingerprint density at radius 3 is 2.79 bits per heavy atom. The molecule has 0 bridgehead atoms. The van der Waals surface area contributed by atoms with E-state index >= 15 is 0 Å². The van der Waals surface area contributed by atoms with Gasteiger partial charge in [0.25, 0.3) is 5.91 Å². The monoisotopic (exact) mass is 329 g/mol. The van der Waals surface area contributed by atoms with E-state index < -0.39 is 5.60 Å². The summed E-state index contributed by atoms with van der Waals surface area (Å²) in [5.74, 6) is 0.940. The first-order chi connectivity index (χ1) is 11.6. The maximum atomic E-state index is 12.6. The molecular formula is C19H23NO4. The Morgan fingerprint density at radius 2 is 2.08 bits per heavy atom. The van der Waals surface area contributed by atoms with E-state index in [-0.39, 0.29) is 17.8 Å². The van der Waals surface area contributed by atoms with Gasteiger partial charge in [0.1, 0.15) is 17.5 Å². The Kier molecular flexibility index (Phi) is 3.83. The van der Waals surface area contributed by atoms with Crippen LogP contribution in [0.4, 0.5) is 0 Å². The summed E-state index contributed by atoms with van der Waals surface area (Å²) in [6, 6.07) is 5.77. The number of carbonyl (C=O) groups is 2. The number of Topliss-reactive ketones (excluding diaryl/α,β-unsaturated/α-hetero) is 1. The fourth-order valence-corrected chi connectivity index (χ4v) is 4.00. The minimum Gasteiger partial charge on any atom is -0.486 e. The van der Waals surface area contributed by atoms with Crippen LogP contribution in [0.15, 0.2) is 18.2 Å². The lowest BCUT2D eigenvalue weighted by Crippen LogP contribution is -2.53. The van der Waals surface area contributed by atoms with Crippen LogP contribution in [0.3, 0.4) is 0 Å². The van der Waals surface area contributed by atoms with E-state index in [9.17, 15) is 9.59 Å². The maximum Gasteiger partial charge on any atom is 0.251 e. The number of likely N-dealkylation sites (tertiary alicyclic amines) is 1. The summed E-state index contributed by atoms with van der Waals surface area (Å²) < 4.78 is 11.8. The Hall–Kier alpha value is -1.88. The van der Waals surface area contributed by atoms with E-state index in [1.165, 1.54) is 0 Å². The van der Waals surface area contributed by atoms with Crippen molar-refractivity contribution >= 4 is 11.7 Å². The SMILES string of the molecule is Cc1ccc2c(c1)C(=O)CC1(CCN(C(=O)C3CCCO3)CC1)O2. The van der Waals surface area contributed by atoms with E-state index in [0.717, 1.165) is 18.4 Å². The van der Waals surface area contributed by atoms with Crippen molar-refractivity contribution in [3.05, 3.63) is 29.3 Å². The molecule has 1 amide bonds. The molecule has 3 aliphatic heterocycles. The highest BCUT2D eigenvalue weighted by Crippen LogP contribution is 2.39. The number of ketones is 1. The second-order valence-electron chi connectivity index (χ2n) is 7.21. The predicted molar refractivity (Wildman–Crippen MR) is 88.3 cm³/mol. The van der Waals surface area contributed by atoms with Gasteiger partial charge in [0.05, 0.1) is 12.0 Å². The second kappa shape index (κ2) is 5.88. The standard InChI is InChI=1S/C19H23NO4/c1-13-4-5-16-14(11-13)15(21)12-19(24-16)6-8-20(9-7-19)18(22)17-3-2-10-23-17/h4-5,11,17H,2-3,6-10,12H2,1H3. The summed E-state index contributed by atoms with van der Waals surface area (Å²) in [5, 5.41) is 0. The quantitative estimate of drug-likeness (QED) is 0.794. The normalized spacial score (nSPS) is 25.5. The first-order valence-corrected chi connectivity index (χ1v) is 8.80. The van der Waals surface area contributed by atoms with E-state index in [2.05, 4.69) is 0 Å². The number of hydrogen-bond donors (Lipinski definition) is 0. The Morgan fingerprint density at radius 1 is 1.29 bits per heavy atom. The number of benzene rings is 1. The van der Waals surface area contributed by atoms with Gasteiger partial charge in [-0.2, -0.15) is 0 Å². The molecule has 3 aliphatic rings. The fraction of sp³-hybridized carbons (Fsp3) is 0.579. The molecule has 2 saturated heterocycles. The minimum atomic E-state index is -0.452. The summed E-state index contributed by atoms with van der Waals surface area (Å²) in [6.07, 6.45) is 3.32. The topological polar surface area (TPSA) is 55.8 Å². The summed E-state index contributed by atoms with van der Waals surface area (Å²) in [6.45, 7) is 3.93. The van der Waals surface area contributed by atoms with Gasteiger partial charge in [0.15, 0.2) is 5.78 Å². The van der Waals surface area contributed by atoms with Crippen LogP contribution in [0, 0.1) is 6.92 Å². The number of nitrogens with zero attached hydrogens (tertiary/aromatic N) is 1. The lowest BCUT2D eigenvalue weighted by molar-refractivity contribution is -0.144. The van der Waals surface area contributed by atoms with Gasteiger partial charge < -0.3 is 14.4 Å². The van der Waals surface area contributed by atoms with E-state index in [4.69, 9.17) is 9.47 Å². The van der Waals surface area contributed by atoms with Crippen molar-refractivity contribution in [2.45, 2.75) is 50.7 Å². The van der Waals surface area contributed by atoms with Crippen LogP contribution < -0.4 is 4.74 Å². The number of rotatable bonds is 1. The Labute approximate surface area is 141 Å². The van der Waals surface area contributed by atoms with Gasteiger partial charge in [-0.05, 0) is 31.9 Å². The van der Waals surface area contributed by atoms with Crippen molar-refractivity contribution in [1.82, 2.24) is 4.90 Å². The molecule has 128 valence electrons. The zero-order valence-corrected chi connectivity index (χ0v) is 14.0. The van der Waals surface area contributed by atoms with Gasteiger partial charge in [-0.3, -0.25) is 9.59 Å². The third-order valence-corrected chi connectivity index (χ3v) is 5.44. The Bertz CT molecular complexity index is 670. The molecule has 1 unspecified atom stereocenters. The average molecular weight is 329 g/mol. The van der Waals surface area contributed by atoms with Crippen molar-refractivity contribution in [2.24, 2.45) is 0 Å². The summed E-state index contributed by atoms with van der Waals surface area (Å²) >= 11 is 0. The molecular weight excluding hydrogens is 306 g/mol. The highest BCUT2D eigenvalue weighted by Gasteiger charge is 2.44. The minimum absolute atomic E-state index is 0.0977. The van der Waals surface area contributed by atoms with Crippen molar-refractivity contribution < 1.29 is 19.1 Å². The van der Waals surface area contributed by atoms with Gasteiger partial charge in [-0.25, -0.2) is 0 Å². The number of carbonyl (C=O) groups excluding carboxylic acids is 2. The molecule has 0 aliphatic carbocycles. The van der Waals surface area contributed by atoms with Crippen molar-refractivity contribution in [2.75, 3.05) is 19.7 Å². The molecule has 4 rings (SSSR count). The van der Waals surface area contributed by atoms with Crippen LogP contribution in [0.2, 0.25) is 0 Å². The largest absolute Gasteiger partial charge is 0.486 e. The molecule has 1 spiro atoms. The van der Waals surface area contributed by atoms with Crippen LogP contribution in [0.5, 0.6) is 5.75 Å². The van der Waals surface area contributed by atoms with Gasteiger partial charge in [0, 0.05) is 32.5 Å². The number of aryl methyl sites for hydroxylation is 1. The molecule has 1 atom stereocenters. The molecule has 1 aromatic rings. The van der Waals surface area contributed by atoms with E-state index in [0.29, 0.717) is 50.3 Å². The number of amides is 1. The maximum absolute atomic E-state index is 12.6. The van der Waals surface area contributed by atoms with E-state index in [1.807, 2.05) is 30.0 Å². The van der Waals surface area contributed by atoms with Crippen molar-refractivity contribution in [3.8, 4) is 5.75 Å². The zero-order chi connectivity index (χ0) is 16.7. The number of piperidine rings is 1. The molecule has 1 aromatic carbocycles. The smallest absolute Gasteiger partial charge is 0.251 e. The van der Waals surface area contributed by atoms with Gasteiger partial charge >= 0.3 is 0 Å². The van der Waals surface area contributed by atoms with Gasteiger partial charge in [-0.1, -0.05) is 11.6 Å². The Balaban J connectivity index is 1.46. The van der Waals surface area contributed by atoms with Crippen molar-refractivity contribution in [3.63, 3.8) is 0 Å². The molecule has 24 heavy (non-hydrogen) atoms. The lowest BCUT2D eigenvalue weighted by Gasteiger charge is -2.44. The number of fused-ring (bicyclic) bond motifs is 1. The highest BCUT2D eigenvalue weighted by molar-refractivity contribution is 6.00. The summed E-state index contributed by atoms with van der Waals surface area (Å²) in [7, 11) is 0. The van der Waals surface area contributed by atoms with Crippen LogP contribution >= 0.6 is 0 Å². The third-order valence-electron chi connectivity index (χ3n) is 5.44. The molecule has 5 nitrogen and oxygen atoms in total. The van der Waals surface area contributed by atoms with Crippen LogP contribution in [-0.2, 0) is 9.53 Å². The molecule has 0 radical (unpaired) electrons. The zero-order valence-electron chi connectivity index (χ0n) is 14.0. The van der Waals surface area contributed by atoms with Gasteiger partial charge in [0.2, 0.25) is 0 Å². The summed E-state index contributed by atoms with van der Waals surface area (Å²) in [5.41, 5.74) is 1.31. The second-order valence-corrected chi connectivity index (χ2v) is 7.21. The molecule has 3 heterocycles. The third kappa shape index (κ3) is 2.71. The van der Waals surface area contributed by atoms with Gasteiger partial charge in [-0.15, -0.1) is 0 Å². The first kappa shape index (κ1) is 15.6. The van der Waals surface area contributed by atoms with Crippen LogP contribution in [0.1, 0.15) is 48.0 Å². The summed E-state index contributed by atoms with van der Waals surface area (Å²) in [4.78, 5) is 26.9.